The second kappa shape index (κ2) is 9.39. The molecule has 2 aliphatic rings. The van der Waals surface area contributed by atoms with E-state index in [1.807, 2.05) is 12.1 Å². The number of hydrogen-bond donors (Lipinski definition) is 3. The van der Waals surface area contributed by atoms with Crippen LogP contribution in [0, 0.1) is 0 Å². The molecule has 0 aromatic heterocycles. The zero-order valence-corrected chi connectivity index (χ0v) is 18.4. The highest BCUT2D eigenvalue weighted by atomic mass is 32.2. The van der Waals surface area contributed by atoms with Crippen LogP contribution in [0.4, 0.5) is 21.9 Å². The Balaban J connectivity index is 1.29. The zero-order chi connectivity index (χ0) is 22.7. The van der Waals surface area contributed by atoms with Gasteiger partial charge >= 0.3 is 6.09 Å². The number of nitrogens with two attached hydrogens (primary N) is 1. The van der Waals surface area contributed by atoms with Crippen molar-refractivity contribution in [2.45, 2.75) is 23.8 Å². The number of carbonyl (C=O) groups excluding carboxylic acids is 3. The van der Waals surface area contributed by atoms with Crippen molar-refractivity contribution in [3.63, 3.8) is 0 Å². The minimum absolute atomic E-state index is 0.0570. The second-order valence-corrected chi connectivity index (χ2v) is 8.47. The van der Waals surface area contributed by atoms with Crippen LogP contribution in [0.2, 0.25) is 0 Å². The van der Waals surface area contributed by atoms with Gasteiger partial charge in [-0.1, -0.05) is 6.07 Å². The molecule has 2 aromatic carbocycles. The Kier molecular flexibility index (Phi) is 6.40. The van der Waals surface area contributed by atoms with Crippen LogP contribution in [0.15, 0.2) is 41.3 Å². The minimum Gasteiger partial charge on any atom is -0.496 e. The maximum atomic E-state index is 12.5. The first kappa shape index (κ1) is 21.8. The van der Waals surface area contributed by atoms with Crippen molar-refractivity contribution in [2.24, 2.45) is 0 Å². The monoisotopic (exact) mass is 456 g/mol. The van der Waals surface area contributed by atoms with E-state index in [4.69, 9.17) is 15.2 Å². The van der Waals surface area contributed by atoms with E-state index in [0.29, 0.717) is 60.1 Å². The Morgan fingerprint density at radius 2 is 2.19 bits per heavy atom. The van der Waals surface area contributed by atoms with Crippen LogP contribution >= 0.6 is 11.8 Å². The van der Waals surface area contributed by atoms with Crippen molar-refractivity contribution in [2.75, 3.05) is 41.9 Å². The summed E-state index contributed by atoms with van der Waals surface area (Å²) in [6.45, 7) is 0.818. The first-order chi connectivity index (χ1) is 15.5. The number of hydrogen-bond acceptors (Lipinski definition) is 7. The number of fused-ring (bicyclic) bond motifs is 1. The number of nitrogen functional groups attached to an aromatic ring is 1. The topological polar surface area (TPSA) is 123 Å². The number of methoxy groups -OCH3 is 1. The minimum atomic E-state index is -0.421. The number of anilines is 3. The number of benzene rings is 2. The Hall–Kier alpha value is -3.40. The summed E-state index contributed by atoms with van der Waals surface area (Å²) in [5, 5.41) is 5.67. The summed E-state index contributed by atoms with van der Waals surface area (Å²) in [4.78, 5) is 39.0. The molecule has 0 bridgehead atoms. The van der Waals surface area contributed by atoms with Crippen molar-refractivity contribution in [3.05, 3.63) is 42.0 Å². The quantitative estimate of drug-likeness (QED) is 0.432. The molecule has 1 atom stereocenters. The standard InChI is InChI=1S/C22H24N4O5S/c1-30-17-6-2-5-15(23)20(17)21(28)24-9-3-4-14-11-26(22(29)31-14)13-7-8-18-16(10-13)25-19(27)12-32-18/h2,5-8,10,14H,3-4,9,11-12,23H2,1H3,(H,24,28)(H,25,27)/t14-/m1/s1. The van der Waals surface area contributed by atoms with Gasteiger partial charge in [0.25, 0.3) is 5.91 Å². The molecule has 0 saturated carbocycles. The van der Waals surface area contributed by atoms with Gasteiger partial charge in [-0.3, -0.25) is 14.5 Å². The van der Waals surface area contributed by atoms with Gasteiger partial charge in [0.2, 0.25) is 5.91 Å². The molecule has 2 heterocycles. The zero-order valence-electron chi connectivity index (χ0n) is 17.6. The summed E-state index contributed by atoms with van der Waals surface area (Å²) in [6.07, 6.45) is 0.525. The van der Waals surface area contributed by atoms with Gasteiger partial charge in [-0.05, 0) is 43.2 Å². The molecule has 10 heteroatoms. The van der Waals surface area contributed by atoms with Crippen molar-refractivity contribution >= 4 is 46.7 Å². The molecule has 9 nitrogen and oxygen atoms in total. The number of thioether (sulfide) groups is 1. The lowest BCUT2D eigenvalue weighted by Crippen LogP contribution is -2.27. The first-order valence-electron chi connectivity index (χ1n) is 10.2. The van der Waals surface area contributed by atoms with Crippen molar-refractivity contribution in [1.29, 1.82) is 0 Å². The maximum absolute atomic E-state index is 12.5. The predicted molar refractivity (Wildman–Crippen MR) is 122 cm³/mol. The molecule has 168 valence electrons. The fourth-order valence-corrected chi connectivity index (χ4v) is 4.49. The molecular weight excluding hydrogens is 432 g/mol. The van der Waals surface area contributed by atoms with Crippen LogP contribution in [0.3, 0.4) is 0 Å². The van der Waals surface area contributed by atoms with E-state index in [1.54, 1.807) is 29.2 Å². The van der Waals surface area contributed by atoms with Crippen LogP contribution in [-0.4, -0.2) is 50.0 Å². The molecule has 0 unspecified atom stereocenters. The Labute approximate surface area is 189 Å². The molecular formula is C22H24N4O5S. The van der Waals surface area contributed by atoms with E-state index < -0.39 is 6.09 Å². The summed E-state index contributed by atoms with van der Waals surface area (Å²) in [6, 6.07) is 10.6. The Bertz CT molecular complexity index is 1060. The molecule has 1 fully saturated rings. The van der Waals surface area contributed by atoms with Crippen LogP contribution in [0.25, 0.3) is 0 Å². The largest absolute Gasteiger partial charge is 0.496 e. The third-order valence-corrected chi connectivity index (χ3v) is 6.35. The number of amides is 3. The summed E-state index contributed by atoms with van der Waals surface area (Å²) in [7, 11) is 1.49. The molecule has 3 amide bonds. The van der Waals surface area contributed by atoms with E-state index in [0.717, 1.165) is 4.90 Å². The van der Waals surface area contributed by atoms with Gasteiger partial charge in [-0.25, -0.2) is 4.79 Å². The van der Waals surface area contributed by atoms with E-state index in [1.165, 1.54) is 18.9 Å². The normalized spacial score (nSPS) is 17.4. The summed E-state index contributed by atoms with van der Waals surface area (Å²) >= 11 is 1.47. The van der Waals surface area contributed by atoms with Gasteiger partial charge < -0.3 is 25.8 Å². The SMILES string of the molecule is COc1cccc(N)c1C(=O)NCCC[C@@H]1CN(c2ccc3c(c2)NC(=O)CS3)C(=O)O1. The molecule has 4 N–H and O–H groups in total. The highest BCUT2D eigenvalue weighted by Crippen LogP contribution is 2.35. The maximum Gasteiger partial charge on any atom is 0.414 e. The van der Waals surface area contributed by atoms with Gasteiger partial charge in [0, 0.05) is 22.8 Å². The van der Waals surface area contributed by atoms with Gasteiger partial charge in [-0.2, -0.15) is 0 Å². The lowest BCUT2D eigenvalue weighted by Gasteiger charge is -2.20. The highest BCUT2D eigenvalue weighted by molar-refractivity contribution is 8.00. The number of nitrogens with zero attached hydrogens (tertiary/aromatic N) is 1. The number of nitrogens with one attached hydrogen (secondary N) is 2. The van der Waals surface area contributed by atoms with E-state index >= 15 is 0 Å². The predicted octanol–water partition coefficient (Wildman–Crippen LogP) is 2.86. The molecule has 2 aliphatic heterocycles. The van der Waals surface area contributed by atoms with Crippen LogP contribution in [-0.2, 0) is 9.53 Å². The van der Waals surface area contributed by atoms with Crippen LogP contribution < -0.4 is 26.0 Å². The fraction of sp³-hybridized carbons (Fsp3) is 0.318. The van der Waals surface area contributed by atoms with E-state index in [-0.39, 0.29) is 17.9 Å². The Morgan fingerprint density at radius 3 is 3.00 bits per heavy atom. The van der Waals surface area contributed by atoms with E-state index in [9.17, 15) is 14.4 Å². The molecule has 0 radical (unpaired) electrons. The van der Waals surface area contributed by atoms with E-state index in [2.05, 4.69) is 10.6 Å². The average molecular weight is 457 g/mol. The third kappa shape index (κ3) is 4.59. The summed E-state index contributed by atoms with van der Waals surface area (Å²) in [5.41, 5.74) is 7.96. The van der Waals surface area contributed by atoms with Crippen molar-refractivity contribution in [1.82, 2.24) is 5.32 Å². The summed E-state index contributed by atoms with van der Waals surface area (Å²) < 4.78 is 10.7. The fourth-order valence-electron chi connectivity index (χ4n) is 3.70. The van der Waals surface area contributed by atoms with Crippen LogP contribution in [0.5, 0.6) is 5.75 Å². The van der Waals surface area contributed by atoms with Crippen LogP contribution in [0.1, 0.15) is 23.2 Å². The average Bonchev–Trinajstić information content (AvgIpc) is 3.16. The number of rotatable bonds is 7. The molecule has 4 rings (SSSR count). The molecule has 2 aromatic rings. The first-order valence-corrected chi connectivity index (χ1v) is 11.2. The molecule has 0 aliphatic carbocycles. The molecule has 0 spiro atoms. The second-order valence-electron chi connectivity index (χ2n) is 7.46. The van der Waals surface area contributed by atoms with Gasteiger partial charge in [0.1, 0.15) is 17.4 Å². The smallest absolute Gasteiger partial charge is 0.414 e. The van der Waals surface area contributed by atoms with Crippen molar-refractivity contribution < 1.29 is 23.9 Å². The Morgan fingerprint density at radius 1 is 1.34 bits per heavy atom. The lowest BCUT2D eigenvalue weighted by molar-refractivity contribution is -0.113. The molecule has 32 heavy (non-hydrogen) atoms. The van der Waals surface area contributed by atoms with Gasteiger partial charge in [0.15, 0.2) is 0 Å². The number of carbonyl (C=O) groups is 3. The van der Waals surface area contributed by atoms with Gasteiger partial charge in [-0.15, -0.1) is 11.8 Å². The third-order valence-electron chi connectivity index (χ3n) is 5.28. The number of cyclic esters (lactones) is 1. The lowest BCUT2D eigenvalue weighted by atomic mass is 10.1. The molecule has 1 saturated heterocycles. The van der Waals surface area contributed by atoms with Gasteiger partial charge in [0.05, 0.1) is 25.1 Å². The highest BCUT2D eigenvalue weighted by Gasteiger charge is 2.32. The summed E-state index contributed by atoms with van der Waals surface area (Å²) in [5.74, 6) is 0.445. The number of ether oxygens (including phenoxy) is 2. The van der Waals surface area contributed by atoms with Crippen molar-refractivity contribution in [3.8, 4) is 5.75 Å².